The summed E-state index contributed by atoms with van der Waals surface area (Å²) in [7, 11) is 0. The summed E-state index contributed by atoms with van der Waals surface area (Å²) in [5, 5.41) is 0. The molecule has 0 spiro atoms. The van der Waals surface area contributed by atoms with E-state index in [1.54, 1.807) is 12.4 Å². The zero-order chi connectivity index (χ0) is 18.1. The third-order valence-corrected chi connectivity index (χ3v) is 5.08. The number of aromatic nitrogens is 3. The molecule has 0 amide bonds. The van der Waals surface area contributed by atoms with E-state index in [0.29, 0.717) is 12.4 Å². The minimum absolute atomic E-state index is 0.0356. The number of nitrogens with zero attached hydrogens (tertiary/aromatic N) is 3. The number of aromatic amines is 1. The van der Waals surface area contributed by atoms with Crippen LogP contribution in [0, 0.1) is 13.8 Å². The minimum atomic E-state index is -0.0356. The highest BCUT2D eigenvalue weighted by Gasteiger charge is 2.21. The molecule has 1 aliphatic heterocycles. The van der Waals surface area contributed by atoms with Crippen molar-refractivity contribution in [3.8, 4) is 11.4 Å². The molecule has 3 heterocycles. The number of aryl methyl sites for hydroxylation is 2. The molecule has 1 aromatic carbocycles. The van der Waals surface area contributed by atoms with Crippen molar-refractivity contribution in [1.29, 1.82) is 0 Å². The zero-order valence-electron chi connectivity index (χ0n) is 15.1. The number of nitrogens with one attached hydrogen (secondary N) is 1. The third-order valence-electron chi connectivity index (χ3n) is 5.08. The van der Waals surface area contributed by atoms with Gasteiger partial charge in [0.2, 0.25) is 0 Å². The Labute approximate surface area is 152 Å². The van der Waals surface area contributed by atoms with Gasteiger partial charge in [-0.15, -0.1) is 0 Å². The molecule has 5 nitrogen and oxygen atoms in total. The quantitative estimate of drug-likeness (QED) is 0.792. The van der Waals surface area contributed by atoms with Gasteiger partial charge in [0, 0.05) is 44.0 Å². The highest BCUT2D eigenvalue weighted by atomic mass is 16.1. The van der Waals surface area contributed by atoms with E-state index in [2.05, 4.69) is 46.9 Å². The molecule has 132 valence electrons. The monoisotopic (exact) mass is 346 g/mol. The normalized spacial score (nSPS) is 14.2. The Balaban J connectivity index is 1.57. The molecule has 1 aliphatic rings. The smallest absolute Gasteiger partial charge is 0.255 e. The molecule has 0 bridgehead atoms. The number of rotatable bonds is 3. The molecule has 0 saturated heterocycles. The van der Waals surface area contributed by atoms with Crippen LogP contribution in [0.3, 0.4) is 0 Å². The second kappa shape index (κ2) is 6.84. The van der Waals surface area contributed by atoms with Crippen molar-refractivity contribution < 1.29 is 0 Å². The van der Waals surface area contributed by atoms with Gasteiger partial charge in [0.05, 0.1) is 11.3 Å². The third kappa shape index (κ3) is 3.30. The summed E-state index contributed by atoms with van der Waals surface area (Å²) >= 11 is 0. The van der Waals surface area contributed by atoms with Crippen molar-refractivity contribution in [3.63, 3.8) is 0 Å². The van der Waals surface area contributed by atoms with E-state index >= 15 is 0 Å². The topological polar surface area (TPSA) is 61.9 Å². The molecule has 0 saturated carbocycles. The van der Waals surface area contributed by atoms with Crippen LogP contribution < -0.4 is 5.56 Å². The van der Waals surface area contributed by atoms with Crippen molar-refractivity contribution >= 4 is 0 Å². The lowest BCUT2D eigenvalue weighted by atomic mass is 10.0. The standard InChI is InChI=1S/C21H22N4O/c1-14-3-4-16(11-15(14)2)12-25-10-7-19-18(13-25)21(26)24-20(23-19)17-5-8-22-9-6-17/h3-6,8-9,11H,7,10,12-13H2,1-2H3,(H,23,24,26). The Kier molecular flexibility index (Phi) is 4.39. The average molecular weight is 346 g/mol. The molecule has 4 rings (SSSR count). The number of hydrogen-bond acceptors (Lipinski definition) is 4. The maximum atomic E-state index is 12.6. The SMILES string of the molecule is Cc1ccc(CN2CCc3nc(-c4ccncc4)[nH]c(=O)c3C2)cc1C. The summed E-state index contributed by atoms with van der Waals surface area (Å²) in [5.74, 6) is 0.624. The number of pyridine rings is 1. The minimum Gasteiger partial charge on any atom is -0.306 e. The van der Waals surface area contributed by atoms with Crippen molar-refractivity contribution in [1.82, 2.24) is 19.9 Å². The van der Waals surface area contributed by atoms with Gasteiger partial charge in [-0.05, 0) is 42.7 Å². The fraction of sp³-hybridized carbons (Fsp3) is 0.286. The van der Waals surface area contributed by atoms with E-state index in [4.69, 9.17) is 4.98 Å². The van der Waals surface area contributed by atoms with E-state index < -0.39 is 0 Å². The Morgan fingerprint density at radius 2 is 1.92 bits per heavy atom. The molecule has 0 radical (unpaired) electrons. The van der Waals surface area contributed by atoms with Crippen molar-refractivity contribution in [2.24, 2.45) is 0 Å². The molecule has 0 fully saturated rings. The Morgan fingerprint density at radius 1 is 1.12 bits per heavy atom. The predicted octanol–water partition coefficient (Wildman–Crippen LogP) is 3.01. The highest BCUT2D eigenvalue weighted by Crippen LogP contribution is 2.20. The van der Waals surface area contributed by atoms with Gasteiger partial charge in [-0.1, -0.05) is 18.2 Å². The Bertz CT molecular complexity index is 995. The molecule has 3 aromatic rings. The van der Waals surface area contributed by atoms with Gasteiger partial charge in [0.1, 0.15) is 5.82 Å². The molecule has 0 unspecified atom stereocenters. The molecule has 0 atom stereocenters. The van der Waals surface area contributed by atoms with Crippen LogP contribution in [0.2, 0.25) is 0 Å². The van der Waals surface area contributed by atoms with Crippen LogP contribution in [0.1, 0.15) is 27.9 Å². The largest absolute Gasteiger partial charge is 0.306 e. The van der Waals surface area contributed by atoms with Crippen LogP contribution >= 0.6 is 0 Å². The van der Waals surface area contributed by atoms with Crippen LogP contribution in [0.15, 0.2) is 47.5 Å². The van der Waals surface area contributed by atoms with Gasteiger partial charge in [0.25, 0.3) is 5.56 Å². The molecular weight excluding hydrogens is 324 g/mol. The van der Waals surface area contributed by atoms with Crippen LogP contribution in [0.4, 0.5) is 0 Å². The first-order valence-corrected chi connectivity index (χ1v) is 8.91. The first-order valence-electron chi connectivity index (χ1n) is 8.91. The lowest BCUT2D eigenvalue weighted by Crippen LogP contribution is -2.35. The molecule has 26 heavy (non-hydrogen) atoms. The summed E-state index contributed by atoms with van der Waals surface area (Å²) in [6.45, 7) is 6.67. The van der Waals surface area contributed by atoms with Gasteiger partial charge < -0.3 is 4.98 Å². The number of hydrogen-bond donors (Lipinski definition) is 1. The van der Waals surface area contributed by atoms with Gasteiger partial charge in [-0.3, -0.25) is 14.7 Å². The van der Waals surface area contributed by atoms with Gasteiger partial charge >= 0.3 is 0 Å². The summed E-state index contributed by atoms with van der Waals surface area (Å²) < 4.78 is 0. The van der Waals surface area contributed by atoms with Crippen molar-refractivity contribution in [2.75, 3.05) is 6.54 Å². The second-order valence-corrected chi connectivity index (χ2v) is 6.95. The first kappa shape index (κ1) is 16.7. The average Bonchev–Trinajstić information content (AvgIpc) is 2.66. The maximum Gasteiger partial charge on any atom is 0.255 e. The zero-order valence-corrected chi connectivity index (χ0v) is 15.1. The fourth-order valence-electron chi connectivity index (χ4n) is 3.42. The predicted molar refractivity (Wildman–Crippen MR) is 102 cm³/mol. The van der Waals surface area contributed by atoms with Crippen LogP contribution in [0.25, 0.3) is 11.4 Å². The van der Waals surface area contributed by atoms with E-state index in [9.17, 15) is 4.79 Å². The van der Waals surface area contributed by atoms with Crippen LogP contribution in [0.5, 0.6) is 0 Å². The summed E-state index contributed by atoms with van der Waals surface area (Å²) in [6, 6.07) is 10.3. The van der Waals surface area contributed by atoms with Crippen molar-refractivity contribution in [3.05, 3.63) is 81.0 Å². The Morgan fingerprint density at radius 3 is 2.69 bits per heavy atom. The molecule has 0 aliphatic carbocycles. The number of H-pyrrole nitrogens is 1. The summed E-state index contributed by atoms with van der Waals surface area (Å²) in [6.07, 6.45) is 4.21. The highest BCUT2D eigenvalue weighted by molar-refractivity contribution is 5.54. The van der Waals surface area contributed by atoms with Crippen LogP contribution in [-0.4, -0.2) is 26.4 Å². The number of benzene rings is 1. The van der Waals surface area contributed by atoms with Gasteiger partial charge in [0.15, 0.2) is 0 Å². The van der Waals surface area contributed by atoms with E-state index in [1.807, 2.05) is 12.1 Å². The lowest BCUT2D eigenvalue weighted by molar-refractivity contribution is 0.242. The van der Waals surface area contributed by atoms with Gasteiger partial charge in [-0.2, -0.15) is 0 Å². The lowest BCUT2D eigenvalue weighted by Gasteiger charge is -2.28. The maximum absolute atomic E-state index is 12.6. The number of fused-ring (bicyclic) bond motifs is 1. The van der Waals surface area contributed by atoms with Crippen LogP contribution in [-0.2, 0) is 19.5 Å². The second-order valence-electron chi connectivity index (χ2n) is 6.95. The molecule has 5 heteroatoms. The summed E-state index contributed by atoms with van der Waals surface area (Å²) in [5.41, 5.74) is 6.46. The van der Waals surface area contributed by atoms with E-state index in [1.165, 1.54) is 16.7 Å². The van der Waals surface area contributed by atoms with Crippen molar-refractivity contribution in [2.45, 2.75) is 33.4 Å². The van der Waals surface area contributed by atoms with E-state index in [0.717, 1.165) is 36.3 Å². The summed E-state index contributed by atoms with van der Waals surface area (Å²) in [4.78, 5) is 26.6. The van der Waals surface area contributed by atoms with E-state index in [-0.39, 0.29) is 5.56 Å². The molecular formula is C21H22N4O. The Hall–Kier alpha value is -2.79. The molecule has 1 N–H and O–H groups in total. The molecule has 2 aromatic heterocycles. The fourth-order valence-corrected chi connectivity index (χ4v) is 3.42. The van der Waals surface area contributed by atoms with Gasteiger partial charge in [-0.25, -0.2) is 4.98 Å². The first-order chi connectivity index (χ1) is 12.6.